The lowest BCUT2D eigenvalue weighted by Crippen LogP contribution is -2.61. The first kappa shape index (κ1) is 19.1. The quantitative estimate of drug-likeness (QED) is 0.822. The standard InChI is InChI=1S/C22H31NO3/c1-5-22(24)15-16(2)23(19-9-7-6-8-18(19)22)13-12-17-10-11-20(25-3)21(14-17)26-4/h1,10-11,14,16,18-19,24H,6-9,12-13,15H2,2-4H3/t16-,18-,19-,22-/m1/s1. The monoisotopic (exact) mass is 357 g/mol. The number of rotatable bonds is 5. The fourth-order valence-electron chi connectivity index (χ4n) is 4.96. The smallest absolute Gasteiger partial charge is 0.160 e. The number of likely N-dealkylation sites (tertiary alicyclic amines) is 1. The van der Waals surface area contributed by atoms with Gasteiger partial charge in [-0.25, -0.2) is 0 Å². The van der Waals surface area contributed by atoms with Gasteiger partial charge in [0.15, 0.2) is 11.5 Å². The minimum Gasteiger partial charge on any atom is -0.493 e. The molecule has 4 heteroatoms. The summed E-state index contributed by atoms with van der Waals surface area (Å²) in [5.74, 6) is 4.46. The molecule has 1 saturated carbocycles. The van der Waals surface area contributed by atoms with Crippen molar-refractivity contribution in [3.63, 3.8) is 0 Å². The first-order valence-electron chi connectivity index (χ1n) is 9.69. The average molecular weight is 357 g/mol. The van der Waals surface area contributed by atoms with Crippen LogP contribution in [0.25, 0.3) is 0 Å². The highest BCUT2D eigenvalue weighted by molar-refractivity contribution is 5.43. The summed E-state index contributed by atoms with van der Waals surface area (Å²) in [7, 11) is 3.32. The molecular weight excluding hydrogens is 326 g/mol. The Morgan fingerprint density at radius 3 is 2.65 bits per heavy atom. The topological polar surface area (TPSA) is 41.9 Å². The molecule has 2 fully saturated rings. The van der Waals surface area contributed by atoms with E-state index in [2.05, 4.69) is 29.9 Å². The number of piperidine rings is 1. The highest BCUT2D eigenvalue weighted by Gasteiger charge is 2.49. The summed E-state index contributed by atoms with van der Waals surface area (Å²) in [6.07, 6.45) is 11.9. The molecule has 1 aliphatic carbocycles. The second-order valence-corrected chi connectivity index (χ2v) is 7.76. The van der Waals surface area contributed by atoms with E-state index < -0.39 is 5.60 Å². The third kappa shape index (κ3) is 3.56. The molecular formula is C22H31NO3. The summed E-state index contributed by atoms with van der Waals surface area (Å²) in [6.45, 7) is 3.17. The fourth-order valence-corrected chi connectivity index (χ4v) is 4.96. The summed E-state index contributed by atoms with van der Waals surface area (Å²) in [6, 6.07) is 6.80. The Morgan fingerprint density at radius 2 is 1.96 bits per heavy atom. The molecule has 0 aromatic heterocycles. The third-order valence-corrected chi connectivity index (χ3v) is 6.30. The van der Waals surface area contributed by atoms with Crippen molar-refractivity contribution in [1.29, 1.82) is 0 Å². The zero-order valence-electron chi connectivity index (χ0n) is 16.2. The maximum absolute atomic E-state index is 11.0. The van der Waals surface area contributed by atoms with Crippen LogP contribution in [0.3, 0.4) is 0 Å². The lowest BCUT2D eigenvalue weighted by Gasteiger charge is -2.53. The summed E-state index contributed by atoms with van der Waals surface area (Å²) in [5.41, 5.74) is 0.296. The highest BCUT2D eigenvalue weighted by atomic mass is 16.5. The Hall–Kier alpha value is -1.70. The van der Waals surface area contributed by atoms with Gasteiger partial charge in [-0.1, -0.05) is 24.8 Å². The number of benzene rings is 1. The van der Waals surface area contributed by atoms with Gasteiger partial charge < -0.3 is 14.6 Å². The van der Waals surface area contributed by atoms with Gasteiger partial charge in [0.05, 0.1) is 14.2 Å². The van der Waals surface area contributed by atoms with Crippen molar-refractivity contribution in [1.82, 2.24) is 4.90 Å². The number of aliphatic hydroxyl groups is 1. The van der Waals surface area contributed by atoms with Crippen LogP contribution < -0.4 is 9.47 Å². The molecule has 1 aromatic carbocycles. The molecule has 1 heterocycles. The molecule has 0 bridgehead atoms. The van der Waals surface area contributed by atoms with E-state index in [1.807, 2.05) is 6.07 Å². The Labute approximate surface area is 157 Å². The lowest BCUT2D eigenvalue weighted by molar-refractivity contribution is -0.0999. The van der Waals surface area contributed by atoms with Crippen molar-refractivity contribution in [2.75, 3.05) is 20.8 Å². The van der Waals surface area contributed by atoms with Crippen molar-refractivity contribution < 1.29 is 14.6 Å². The van der Waals surface area contributed by atoms with Crippen LogP contribution in [-0.2, 0) is 6.42 Å². The predicted octanol–water partition coefficient (Wildman–Crippen LogP) is 3.26. The van der Waals surface area contributed by atoms with Crippen LogP contribution in [0, 0.1) is 18.3 Å². The molecule has 0 spiro atoms. The van der Waals surface area contributed by atoms with Gasteiger partial charge in [0.2, 0.25) is 0 Å². The summed E-state index contributed by atoms with van der Waals surface area (Å²) >= 11 is 0. The van der Waals surface area contributed by atoms with Gasteiger partial charge in [-0.2, -0.15) is 0 Å². The van der Waals surface area contributed by atoms with E-state index in [0.29, 0.717) is 12.5 Å². The van der Waals surface area contributed by atoms with E-state index >= 15 is 0 Å². The first-order valence-corrected chi connectivity index (χ1v) is 9.69. The van der Waals surface area contributed by atoms with Crippen molar-refractivity contribution >= 4 is 0 Å². The Balaban J connectivity index is 1.74. The molecule has 0 unspecified atom stereocenters. The van der Waals surface area contributed by atoms with Crippen molar-refractivity contribution in [2.24, 2.45) is 5.92 Å². The normalized spacial score (nSPS) is 31.7. The zero-order valence-corrected chi connectivity index (χ0v) is 16.2. The molecule has 3 rings (SSSR count). The van der Waals surface area contributed by atoms with E-state index in [4.69, 9.17) is 15.9 Å². The number of ether oxygens (including phenoxy) is 2. The lowest BCUT2D eigenvalue weighted by atomic mass is 9.67. The van der Waals surface area contributed by atoms with Crippen LogP contribution in [0.4, 0.5) is 0 Å². The molecule has 26 heavy (non-hydrogen) atoms. The van der Waals surface area contributed by atoms with Crippen LogP contribution in [0.5, 0.6) is 11.5 Å². The second-order valence-electron chi connectivity index (χ2n) is 7.76. The Kier molecular flexibility index (Phi) is 5.79. The maximum atomic E-state index is 11.0. The maximum Gasteiger partial charge on any atom is 0.160 e. The molecule has 1 aromatic rings. The van der Waals surface area contributed by atoms with Crippen molar-refractivity contribution in [3.8, 4) is 23.8 Å². The Morgan fingerprint density at radius 1 is 1.23 bits per heavy atom. The van der Waals surface area contributed by atoms with Crippen LogP contribution >= 0.6 is 0 Å². The minimum absolute atomic E-state index is 0.197. The number of fused-ring (bicyclic) bond motifs is 1. The van der Waals surface area contributed by atoms with Gasteiger partial charge >= 0.3 is 0 Å². The molecule has 0 amide bonds. The van der Waals surface area contributed by atoms with E-state index in [1.165, 1.54) is 18.4 Å². The summed E-state index contributed by atoms with van der Waals surface area (Å²) < 4.78 is 10.8. The van der Waals surface area contributed by atoms with E-state index in [0.717, 1.165) is 37.3 Å². The largest absolute Gasteiger partial charge is 0.493 e. The van der Waals surface area contributed by atoms with Crippen LogP contribution in [-0.4, -0.2) is 48.5 Å². The summed E-state index contributed by atoms with van der Waals surface area (Å²) in [4.78, 5) is 2.58. The summed E-state index contributed by atoms with van der Waals surface area (Å²) in [5, 5.41) is 11.0. The first-order chi connectivity index (χ1) is 12.5. The molecule has 1 N–H and O–H groups in total. The minimum atomic E-state index is -0.940. The van der Waals surface area contributed by atoms with Gasteiger partial charge in [-0.15, -0.1) is 6.42 Å². The van der Waals surface area contributed by atoms with E-state index in [1.54, 1.807) is 14.2 Å². The van der Waals surface area contributed by atoms with E-state index in [9.17, 15) is 5.11 Å². The zero-order chi connectivity index (χ0) is 18.7. The van der Waals surface area contributed by atoms with Crippen LogP contribution in [0.1, 0.15) is 44.6 Å². The molecule has 2 aliphatic rings. The van der Waals surface area contributed by atoms with Gasteiger partial charge in [0.25, 0.3) is 0 Å². The van der Waals surface area contributed by atoms with Crippen molar-refractivity contribution in [2.45, 2.75) is 63.1 Å². The van der Waals surface area contributed by atoms with Gasteiger partial charge in [-0.05, 0) is 43.9 Å². The van der Waals surface area contributed by atoms with Gasteiger partial charge in [0.1, 0.15) is 5.60 Å². The number of methoxy groups -OCH3 is 2. The van der Waals surface area contributed by atoms with Gasteiger partial charge in [-0.3, -0.25) is 4.90 Å². The molecule has 4 atom stereocenters. The predicted molar refractivity (Wildman–Crippen MR) is 104 cm³/mol. The highest BCUT2D eigenvalue weighted by Crippen LogP contribution is 2.43. The van der Waals surface area contributed by atoms with E-state index in [-0.39, 0.29) is 12.0 Å². The third-order valence-electron chi connectivity index (χ3n) is 6.30. The average Bonchev–Trinajstić information content (AvgIpc) is 2.67. The number of nitrogens with zero attached hydrogens (tertiary/aromatic N) is 1. The van der Waals surface area contributed by atoms with Crippen LogP contribution in [0.2, 0.25) is 0 Å². The second kappa shape index (κ2) is 7.90. The Bertz CT molecular complexity index is 668. The van der Waals surface area contributed by atoms with Crippen LogP contribution in [0.15, 0.2) is 18.2 Å². The molecule has 142 valence electrons. The number of hydrogen-bond donors (Lipinski definition) is 1. The molecule has 1 aliphatic heterocycles. The SMILES string of the molecule is C#C[C@@]1(O)C[C@@H](C)N(CCc2ccc(OC)c(OC)c2)[C@@H]2CCCC[C@H]21. The number of hydrogen-bond acceptors (Lipinski definition) is 4. The molecule has 4 nitrogen and oxygen atoms in total. The van der Waals surface area contributed by atoms with Crippen molar-refractivity contribution in [3.05, 3.63) is 23.8 Å². The fraction of sp³-hybridized carbons (Fsp3) is 0.636. The molecule has 0 radical (unpaired) electrons. The number of terminal acetylenes is 1. The molecule has 1 saturated heterocycles. The van der Waals surface area contributed by atoms with Gasteiger partial charge in [0, 0.05) is 31.0 Å².